The quantitative estimate of drug-likeness (QED) is 0.812. The van der Waals surface area contributed by atoms with Crippen molar-refractivity contribution < 1.29 is 0 Å². The summed E-state index contributed by atoms with van der Waals surface area (Å²) in [6.45, 7) is 0. The molecule has 4 aliphatic carbocycles. The Kier molecular flexibility index (Phi) is 2.32. The Balaban J connectivity index is 1.60. The summed E-state index contributed by atoms with van der Waals surface area (Å²) in [6, 6.07) is 0. The van der Waals surface area contributed by atoms with E-state index in [1.165, 1.54) is 50.1 Å². The van der Waals surface area contributed by atoms with Gasteiger partial charge in [-0.3, -0.25) is 0 Å². The van der Waals surface area contributed by atoms with Crippen molar-refractivity contribution >= 4 is 23.1 Å². The van der Waals surface area contributed by atoms with Crippen molar-refractivity contribution in [1.29, 1.82) is 0 Å². The van der Waals surface area contributed by atoms with E-state index in [2.05, 4.69) is 9.36 Å². The summed E-state index contributed by atoms with van der Waals surface area (Å²) in [7, 11) is 0. The van der Waals surface area contributed by atoms with Crippen molar-refractivity contribution in [3.8, 4) is 0 Å². The lowest BCUT2D eigenvalue weighted by molar-refractivity contribution is -0.0521. The number of aromatic nitrogens is 2. The van der Waals surface area contributed by atoms with Gasteiger partial charge in [-0.2, -0.15) is 4.37 Å². The molecule has 4 heteroatoms. The van der Waals surface area contributed by atoms with E-state index in [1.54, 1.807) is 0 Å². The molecule has 0 spiro atoms. The zero-order chi connectivity index (χ0) is 11.5. The largest absolute Gasteiger partial charge is 0.234 e. The van der Waals surface area contributed by atoms with Gasteiger partial charge in [0.1, 0.15) is 5.01 Å². The average molecular weight is 269 g/mol. The molecule has 0 radical (unpaired) electrons. The third kappa shape index (κ3) is 1.82. The summed E-state index contributed by atoms with van der Waals surface area (Å²) in [5.41, 5.74) is 0.567. The van der Waals surface area contributed by atoms with Gasteiger partial charge < -0.3 is 0 Å². The molecule has 0 aliphatic heterocycles. The van der Waals surface area contributed by atoms with Gasteiger partial charge in [-0.05, 0) is 84.8 Å². The Morgan fingerprint density at radius 2 is 1.71 bits per heavy atom. The predicted octanol–water partition coefficient (Wildman–Crippen LogP) is 3.95. The van der Waals surface area contributed by atoms with E-state index in [1.807, 2.05) is 0 Å². The first-order valence-electron chi connectivity index (χ1n) is 6.69. The van der Waals surface area contributed by atoms with Crippen LogP contribution in [0, 0.1) is 23.2 Å². The topological polar surface area (TPSA) is 25.8 Å². The van der Waals surface area contributed by atoms with Crippen molar-refractivity contribution in [1.82, 2.24) is 9.36 Å². The third-order valence-corrected chi connectivity index (χ3v) is 6.11. The Hall–Kier alpha value is -0.150. The summed E-state index contributed by atoms with van der Waals surface area (Å²) < 4.78 is 4.11. The Morgan fingerprint density at radius 1 is 1.12 bits per heavy atom. The number of nitrogens with zero attached hydrogens (tertiary/aromatic N) is 2. The molecule has 1 aromatic rings. The summed E-state index contributed by atoms with van der Waals surface area (Å²) >= 11 is 7.34. The van der Waals surface area contributed by atoms with E-state index in [0.717, 1.165) is 29.2 Å². The third-order valence-electron chi connectivity index (χ3n) is 5.13. The predicted molar refractivity (Wildman–Crippen MR) is 69.2 cm³/mol. The van der Waals surface area contributed by atoms with Crippen LogP contribution in [0.2, 0.25) is 5.28 Å². The molecule has 92 valence electrons. The monoisotopic (exact) mass is 268 g/mol. The minimum Gasteiger partial charge on any atom is -0.210 e. The van der Waals surface area contributed by atoms with Crippen molar-refractivity contribution in [2.45, 2.75) is 44.9 Å². The highest BCUT2D eigenvalue weighted by Crippen LogP contribution is 2.61. The molecule has 0 amide bonds. The zero-order valence-electron chi connectivity index (χ0n) is 9.86. The molecule has 4 saturated carbocycles. The first-order valence-corrected chi connectivity index (χ1v) is 7.84. The molecule has 0 aromatic carbocycles. The van der Waals surface area contributed by atoms with Crippen LogP contribution in [-0.4, -0.2) is 9.36 Å². The van der Waals surface area contributed by atoms with Gasteiger partial charge in [-0.1, -0.05) is 0 Å². The van der Waals surface area contributed by atoms with Crippen LogP contribution >= 0.6 is 23.1 Å². The van der Waals surface area contributed by atoms with E-state index < -0.39 is 0 Å². The molecule has 4 bridgehead atoms. The second kappa shape index (κ2) is 3.67. The lowest BCUT2D eigenvalue weighted by atomic mass is 9.49. The highest BCUT2D eigenvalue weighted by atomic mass is 35.5. The standard InChI is InChI=1S/C13H17ClN2S/c14-12-15-11(17-16-12)7-13-4-8-1-9(5-13)3-10(2-8)6-13/h8-10H,1-7H2. The fourth-order valence-electron chi connectivity index (χ4n) is 5.13. The minimum absolute atomic E-state index is 0.440. The normalized spacial score (nSPS) is 43.2. The van der Waals surface area contributed by atoms with Crippen LogP contribution in [0.3, 0.4) is 0 Å². The number of hydrogen-bond acceptors (Lipinski definition) is 3. The van der Waals surface area contributed by atoms with Crippen molar-refractivity contribution in [2.24, 2.45) is 23.2 Å². The molecule has 1 aromatic heterocycles. The Bertz CT molecular complexity index is 407. The van der Waals surface area contributed by atoms with Gasteiger partial charge in [0.05, 0.1) is 0 Å². The lowest BCUT2D eigenvalue weighted by Gasteiger charge is -2.56. The molecule has 17 heavy (non-hydrogen) atoms. The van der Waals surface area contributed by atoms with Crippen LogP contribution in [0.25, 0.3) is 0 Å². The van der Waals surface area contributed by atoms with E-state index in [0.29, 0.717) is 10.7 Å². The first kappa shape index (κ1) is 10.7. The molecular formula is C13H17ClN2S. The maximum atomic E-state index is 5.83. The van der Waals surface area contributed by atoms with Crippen molar-refractivity contribution in [2.75, 3.05) is 0 Å². The van der Waals surface area contributed by atoms with Gasteiger partial charge in [-0.25, -0.2) is 4.98 Å². The van der Waals surface area contributed by atoms with E-state index >= 15 is 0 Å². The Labute approximate surface area is 111 Å². The molecule has 1 heterocycles. The van der Waals surface area contributed by atoms with E-state index in [4.69, 9.17) is 11.6 Å². The molecule has 0 atom stereocenters. The van der Waals surface area contributed by atoms with E-state index in [9.17, 15) is 0 Å². The first-order chi connectivity index (χ1) is 8.21. The lowest BCUT2D eigenvalue weighted by Crippen LogP contribution is -2.47. The molecular weight excluding hydrogens is 252 g/mol. The molecule has 0 saturated heterocycles. The SMILES string of the molecule is Clc1nsc(CC23CC4CC(CC(C4)C2)C3)n1. The fourth-order valence-corrected chi connectivity index (χ4v) is 6.11. The van der Waals surface area contributed by atoms with Crippen LogP contribution in [-0.2, 0) is 6.42 Å². The van der Waals surface area contributed by atoms with Crippen LogP contribution in [0.1, 0.15) is 43.5 Å². The maximum Gasteiger partial charge on any atom is 0.234 e. The molecule has 4 fully saturated rings. The van der Waals surface area contributed by atoms with E-state index in [-0.39, 0.29) is 0 Å². The molecule has 2 nitrogen and oxygen atoms in total. The number of rotatable bonds is 2. The zero-order valence-corrected chi connectivity index (χ0v) is 11.4. The van der Waals surface area contributed by atoms with Crippen LogP contribution in [0.4, 0.5) is 0 Å². The van der Waals surface area contributed by atoms with Gasteiger partial charge in [0.2, 0.25) is 5.28 Å². The molecule has 5 rings (SSSR count). The second-order valence-corrected chi connectivity index (χ2v) is 7.73. The van der Waals surface area contributed by atoms with Gasteiger partial charge >= 0.3 is 0 Å². The van der Waals surface area contributed by atoms with Gasteiger partial charge in [0, 0.05) is 6.42 Å². The second-order valence-electron chi connectivity index (χ2n) is 6.55. The smallest absolute Gasteiger partial charge is 0.210 e. The van der Waals surface area contributed by atoms with Crippen LogP contribution in [0.15, 0.2) is 0 Å². The van der Waals surface area contributed by atoms with Crippen LogP contribution in [0.5, 0.6) is 0 Å². The minimum atomic E-state index is 0.440. The van der Waals surface area contributed by atoms with Gasteiger partial charge in [-0.15, -0.1) is 0 Å². The number of hydrogen-bond donors (Lipinski definition) is 0. The maximum absolute atomic E-state index is 5.83. The number of halogens is 1. The average Bonchev–Trinajstić information content (AvgIpc) is 2.60. The van der Waals surface area contributed by atoms with Crippen molar-refractivity contribution in [3.05, 3.63) is 10.3 Å². The summed E-state index contributed by atoms with van der Waals surface area (Å²) in [6.07, 6.45) is 9.99. The molecule has 0 N–H and O–H groups in total. The summed E-state index contributed by atoms with van der Waals surface area (Å²) in [5.74, 6) is 3.05. The summed E-state index contributed by atoms with van der Waals surface area (Å²) in [4.78, 5) is 4.36. The van der Waals surface area contributed by atoms with Gasteiger partial charge in [0.25, 0.3) is 0 Å². The summed E-state index contributed by atoms with van der Waals surface area (Å²) in [5, 5.41) is 1.60. The molecule has 0 unspecified atom stereocenters. The van der Waals surface area contributed by atoms with Crippen LogP contribution < -0.4 is 0 Å². The van der Waals surface area contributed by atoms with Crippen molar-refractivity contribution in [3.63, 3.8) is 0 Å². The van der Waals surface area contributed by atoms with Gasteiger partial charge in [0.15, 0.2) is 0 Å². The Morgan fingerprint density at radius 3 is 2.18 bits per heavy atom. The molecule has 4 aliphatic rings. The highest BCUT2D eigenvalue weighted by molar-refractivity contribution is 7.05. The highest BCUT2D eigenvalue weighted by Gasteiger charge is 2.50. The fraction of sp³-hybridized carbons (Fsp3) is 0.846.